The van der Waals surface area contributed by atoms with Crippen molar-refractivity contribution < 1.29 is 14.3 Å². The average molecular weight is 280 g/mol. The molecule has 1 heterocycles. The molecular formula is C16H12N2O3. The van der Waals surface area contributed by atoms with Gasteiger partial charge >= 0.3 is 0 Å². The zero-order valence-corrected chi connectivity index (χ0v) is 11.1. The molecule has 0 aliphatic carbocycles. The number of nitriles is 1. The molecule has 2 aromatic carbocycles. The van der Waals surface area contributed by atoms with Crippen molar-refractivity contribution in [2.45, 2.75) is 13.0 Å². The minimum Gasteiger partial charge on any atom is -0.485 e. The first-order valence-electron chi connectivity index (χ1n) is 6.45. The van der Waals surface area contributed by atoms with Crippen LogP contribution in [0.15, 0.2) is 42.5 Å². The predicted octanol–water partition coefficient (Wildman–Crippen LogP) is 3.22. The van der Waals surface area contributed by atoms with Gasteiger partial charge in [-0.15, -0.1) is 0 Å². The maximum atomic E-state index is 11.4. The fourth-order valence-electron chi connectivity index (χ4n) is 2.07. The normalized spacial score (nSPS) is 11.8. The Labute approximate surface area is 121 Å². The van der Waals surface area contributed by atoms with Crippen molar-refractivity contribution in [2.75, 3.05) is 5.32 Å². The Hall–Kier alpha value is -3.00. The molecule has 21 heavy (non-hydrogen) atoms. The summed E-state index contributed by atoms with van der Waals surface area (Å²) in [5, 5.41) is 11.2. The molecule has 0 saturated carbocycles. The van der Waals surface area contributed by atoms with Gasteiger partial charge in [0.05, 0.1) is 6.07 Å². The number of nitrogens with one attached hydrogen (secondary N) is 1. The summed E-state index contributed by atoms with van der Waals surface area (Å²) in [5.41, 5.74) is 1.45. The smallest absolute Gasteiger partial charge is 0.238 e. The lowest BCUT2D eigenvalue weighted by atomic mass is 10.2. The molecule has 5 nitrogen and oxygen atoms in total. The summed E-state index contributed by atoms with van der Waals surface area (Å²) in [6.07, 6.45) is -0.171. The van der Waals surface area contributed by atoms with E-state index in [-0.39, 0.29) is 12.3 Å². The lowest BCUT2D eigenvalue weighted by Gasteiger charge is -2.09. The predicted molar refractivity (Wildman–Crippen MR) is 76.1 cm³/mol. The molecule has 1 amide bonds. The van der Waals surface area contributed by atoms with Gasteiger partial charge in [-0.3, -0.25) is 4.79 Å². The Morgan fingerprint density at radius 3 is 2.81 bits per heavy atom. The number of anilines is 1. The van der Waals surface area contributed by atoms with Gasteiger partial charge in [0.1, 0.15) is 18.8 Å². The minimum atomic E-state index is -0.337. The van der Waals surface area contributed by atoms with Crippen molar-refractivity contribution in [1.82, 2.24) is 0 Å². The van der Waals surface area contributed by atoms with Gasteiger partial charge in [0.2, 0.25) is 5.91 Å². The van der Waals surface area contributed by atoms with Crippen LogP contribution in [0.25, 0.3) is 0 Å². The summed E-state index contributed by atoms with van der Waals surface area (Å²) in [6, 6.07) is 14.6. The number of amides is 1. The van der Waals surface area contributed by atoms with Gasteiger partial charge in [0, 0.05) is 11.3 Å². The van der Waals surface area contributed by atoms with E-state index in [1.807, 2.05) is 30.3 Å². The number of carbonyl (C=O) groups excluding carboxylic acids is 1. The summed E-state index contributed by atoms with van der Waals surface area (Å²) in [7, 11) is 0. The van der Waals surface area contributed by atoms with Crippen LogP contribution in [-0.4, -0.2) is 5.91 Å². The van der Waals surface area contributed by atoms with Crippen molar-refractivity contribution in [3.63, 3.8) is 0 Å². The molecule has 0 atom stereocenters. The molecular weight excluding hydrogens is 268 g/mol. The maximum absolute atomic E-state index is 11.4. The van der Waals surface area contributed by atoms with E-state index in [1.54, 1.807) is 18.2 Å². The van der Waals surface area contributed by atoms with Gasteiger partial charge in [0.25, 0.3) is 0 Å². The number of nitrogens with zero attached hydrogens (tertiary/aromatic N) is 1. The van der Waals surface area contributed by atoms with Crippen molar-refractivity contribution in [3.05, 3.63) is 48.0 Å². The van der Waals surface area contributed by atoms with Gasteiger partial charge < -0.3 is 14.8 Å². The summed E-state index contributed by atoms with van der Waals surface area (Å²) < 4.78 is 11.5. The van der Waals surface area contributed by atoms with Crippen molar-refractivity contribution in [3.8, 4) is 23.3 Å². The second kappa shape index (κ2) is 5.55. The Morgan fingerprint density at radius 2 is 2.00 bits per heavy atom. The van der Waals surface area contributed by atoms with E-state index in [0.717, 1.165) is 5.56 Å². The first-order valence-corrected chi connectivity index (χ1v) is 6.45. The summed E-state index contributed by atoms with van der Waals surface area (Å²) in [6.45, 7) is 0.355. The molecule has 5 heteroatoms. The molecule has 0 aromatic heterocycles. The highest BCUT2D eigenvalue weighted by molar-refractivity contribution is 5.92. The molecule has 0 saturated heterocycles. The molecule has 3 rings (SSSR count). The zero-order valence-electron chi connectivity index (χ0n) is 11.1. The topological polar surface area (TPSA) is 71.4 Å². The lowest BCUT2D eigenvalue weighted by Crippen LogP contribution is -2.10. The van der Waals surface area contributed by atoms with E-state index in [2.05, 4.69) is 5.32 Å². The van der Waals surface area contributed by atoms with Crippen LogP contribution < -0.4 is 14.8 Å². The van der Waals surface area contributed by atoms with Crippen LogP contribution >= 0.6 is 0 Å². The number of fused-ring (bicyclic) bond motifs is 2. The first-order chi connectivity index (χ1) is 10.3. The Morgan fingerprint density at radius 1 is 1.19 bits per heavy atom. The van der Waals surface area contributed by atoms with E-state index >= 15 is 0 Å². The average Bonchev–Trinajstić information content (AvgIpc) is 2.66. The minimum absolute atomic E-state index is 0.171. The van der Waals surface area contributed by atoms with Crippen LogP contribution in [0.3, 0.4) is 0 Å². The fraction of sp³-hybridized carbons (Fsp3) is 0.125. The van der Waals surface area contributed by atoms with Gasteiger partial charge in [-0.05, 0) is 30.3 Å². The number of ether oxygens (including phenoxy) is 2. The van der Waals surface area contributed by atoms with E-state index < -0.39 is 0 Å². The Bertz CT molecular complexity index is 735. The van der Waals surface area contributed by atoms with E-state index in [4.69, 9.17) is 14.7 Å². The molecule has 0 radical (unpaired) electrons. The van der Waals surface area contributed by atoms with E-state index in [1.165, 1.54) is 0 Å². The summed E-state index contributed by atoms with van der Waals surface area (Å²) in [5.74, 6) is 1.70. The highest BCUT2D eigenvalue weighted by Crippen LogP contribution is 2.37. The zero-order chi connectivity index (χ0) is 14.7. The third-order valence-corrected chi connectivity index (χ3v) is 3.04. The molecule has 1 aliphatic heterocycles. The molecule has 1 N–H and O–H groups in total. The fourth-order valence-corrected chi connectivity index (χ4v) is 2.07. The van der Waals surface area contributed by atoms with Crippen LogP contribution in [0.1, 0.15) is 12.0 Å². The second-order valence-electron chi connectivity index (χ2n) is 4.54. The molecule has 2 aromatic rings. The largest absolute Gasteiger partial charge is 0.485 e. The van der Waals surface area contributed by atoms with E-state index in [9.17, 15) is 4.79 Å². The summed E-state index contributed by atoms with van der Waals surface area (Å²) in [4.78, 5) is 11.4. The van der Waals surface area contributed by atoms with Crippen LogP contribution in [0, 0.1) is 11.3 Å². The maximum Gasteiger partial charge on any atom is 0.238 e. The molecule has 0 unspecified atom stereocenters. The second-order valence-corrected chi connectivity index (χ2v) is 4.54. The quantitative estimate of drug-likeness (QED) is 0.916. The van der Waals surface area contributed by atoms with Crippen molar-refractivity contribution in [2.24, 2.45) is 0 Å². The Kier molecular flexibility index (Phi) is 3.44. The van der Waals surface area contributed by atoms with Crippen molar-refractivity contribution in [1.29, 1.82) is 5.26 Å². The number of hydrogen-bond acceptors (Lipinski definition) is 4. The van der Waals surface area contributed by atoms with Crippen LogP contribution in [0.2, 0.25) is 0 Å². The number of hydrogen-bond donors (Lipinski definition) is 1. The molecule has 0 bridgehead atoms. The van der Waals surface area contributed by atoms with Crippen molar-refractivity contribution >= 4 is 11.6 Å². The van der Waals surface area contributed by atoms with E-state index in [0.29, 0.717) is 29.5 Å². The third-order valence-electron chi connectivity index (χ3n) is 3.04. The summed E-state index contributed by atoms with van der Waals surface area (Å²) >= 11 is 0. The van der Waals surface area contributed by atoms with Crippen LogP contribution in [-0.2, 0) is 11.4 Å². The SMILES string of the molecule is N#CCC(=O)Nc1ccc2c(c1)COc1ccccc1O2. The number of carbonyl (C=O) groups is 1. The molecule has 104 valence electrons. The third kappa shape index (κ3) is 2.79. The standard InChI is InChI=1S/C16H12N2O3/c17-8-7-16(19)18-12-5-6-13-11(9-12)10-20-14-3-1-2-4-15(14)21-13/h1-6,9H,7,10H2,(H,18,19). The van der Waals surface area contributed by atoms with Crippen LogP contribution in [0.4, 0.5) is 5.69 Å². The van der Waals surface area contributed by atoms with Crippen LogP contribution in [0.5, 0.6) is 17.2 Å². The molecule has 0 spiro atoms. The van der Waals surface area contributed by atoms with Gasteiger partial charge in [-0.25, -0.2) is 0 Å². The monoisotopic (exact) mass is 280 g/mol. The van der Waals surface area contributed by atoms with Gasteiger partial charge in [-0.2, -0.15) is 5.26 Å². The lowest BCUT2D eigenvalue weighted by molar-refractivity contribution is -0.115. The van der Waals surface area contributed by atoms with Gasteiger partial charge in [-0.1, -0.05) is 12.1 Å². The first kappa shape index (κ1) is 13.0. The Balaban J connectivity index is 1.85. The number of rotatable bonds is 2. The molecule has 1 aliphatic rings. The van der Waals surface area contributed by atoms with Gasteiger partial charge in [0.15, 0.2) is 11.5 Å². The highest BCUT2D eigenvalue weighted by atomic mass is 16.5. The highest BCUT2D eigenvalue weighted by Gasteiger charge is 2.15. The number of benzene rings is 2. The molecule has 0 fully saturated rings. The number of para-hydroxylation sites is 2.